The Labute approximate surface area is 105 Å². The number of benzene rings is 1. The highest BCUT2D eigenvalue weighted by atomic mass is 35.5. The predicted molar refractivity (Wildman–Crippen MR) is 67.9 cm³/mol. The van der Waals surface area contributed by atoms with Crippen LogP contribution >= 0.6 is 11.6 Å². The summed E-state index contributed by atoms with van der Waals surface area (Å²) in [6.45, 7) is 4.37. The van der Waals surface area contributed by atoms with E-state index in [1.165, 1.54) is 0 Å². The normalized spacial score (nSPS) is 10.1. The molecule has 0 unspecified atom stereocenters. The molecular weight excluding hydrogens is 240 g/mol. The molecule has 0 radical (unpaired) electrons. The Kier molecular flexibility index (Phi) is 4.97. The minimum atomic E-state index is -0.709. The SMILES string of the molecule is CC(C)CNC(=O)C(=O)Nc1ccccc1Cl. The second kappa shape index (κ2) is 6.25. The molecule has 0 aliphatic carbocycles. The van der Waals surface area contributed by atoms with Gasteiger partial charge in [0.2, 0.25) is 0 Å². The van der Waals surface area contributed by atoms with E-state index in [9.17, 15) is 9.59 Å². The molecule has 1 aromatic rings. The van der Waals surface area contributed by atoms with E-state index in [-0.39, 0.29) is 0 Å². The third-order valence-corrected chi connectivity index (χ3v) is 2.33. The summed E-state index contributed by atoms with van der Waals surface area (Å²) in [5.74, 6) is -1.07. The van der Waals surface area contributed by atoms with Crippen LogP contribution in [0.2, 0.25) is 5.02 Å². The lowest BCUT2D eigenvalue weighted by Crippen LogP contribution is -2.37. The van der Waals surface area contributed by atoms with Crippen molar-refractivity contribution in [2.24, 2.45) is 5.92 Å². The number of hydrogen-bond donors (Lipinski definition) is 2. The Morgan fingerprint density at radius 1 is 1.24 bits per heavy atom. The van der Waals surface area contributed by atoms with Crippen LogP contribution in [0.5, 0.6) is 0 Å². The molecule has 2 amide bonds. The molecule has 0 saturated heterocycles. The van der Waals surface area contributed by atoms with Crippen molar-refractivity contribution in [1.82, 2.24) is 5.32 Å². The van der Waals surface area contributed by atoms with Gasteiger partial charge in [0.25, 0.3) is 0 Å². The highest BCUT2D eigenvalue weighted by Gasteiger charge is 2.14. The summed E-state index contributed by atoms with van der Waals surface area (Å²) in [6.07, 6.45) is 0. The molecule has 0 aliphatic rings. The van der Waals surface area contributed by atoms with Gasteiger partial charge in [-0.1, -0.05) is 37.6 Å². The molecule has 0 spiro atoms. The maximum atomic E-state index is 11.5. The number of hydrogen-bond acceptors (Lipinski definition) is 2. The van der Waals surface area contributed by atoms with Gasteiger partial charge in [-0.3, -0.25) is 9.59 Å². The first-order chi connectivity index (χ1) is 8.00. The number of amides is 2. The van der Waals surface area contributed by atoms with E-state index in [0.717, 1.165) is 0 Å². The second-order valence-corrected chi connectivity index (χ2v) is 4.45. The number of rotatable bonds is 3. The van der Waals surface area contributed by atoms with Crippen LogP contribution in [0.25, 0.3) is 0 Å². The van der Waals surface area contributed by atoms with Gasteiger partial charge in [0, 0.05) is 6.54 Å². The van der Waals surface area contributed by atoms with Crippen molar-refractivity contribution in [3.63, 3.8) is 0 Å². The van der Waals surface area contributed by atoms with Gasteiger partial charge in [0.05, 0.1) is 10.7 Å². The highest BCUT2D eigenvalue weighted by Crippen LogP contribution is 2.20. The van der Waals surface area contributed by atoms with Crippen LogP contribution < -0.4 is 10.6 Å². The molecule has 0 atom stereocenters. The van der Waals surface area contributed by atoms with E-state index in [1.807, 2.05) is 13.8 Å². The second-order valence-electron chi connectivity index (χ2n) is 4.04. The number of nitrogens with one attached hydrogen (secondary N) is 2. The van der Waals surface area contributed by atoms with Crippen molar-refractivity contribution in [1.29, 1.82) is 0 Å². The number of anilines is 1. The van der Waals surface area contributed by atoms with Crippen LogP contribution in [-0.4, -0.2) is 18.4 Å². The monoisotopic (exact) mass is 254 g/mol. The molecule has 92 valence electrons. The zero-order valence-corrected chi connectivity index (χ0v) is 10.5. The lowest BCUT2D eigenvalue weighted by Gasteiger charge is -2.08. The first-order valence-corrected chi connectivity index (χ1v) is 5.72. The molecule has 1 aromatic carbocycles. The Balaban J connectivity index is 2.55. The van der Waals surface area contributed by atoms with Gasteiger partial charge < -0.3 is 10.6 Å². The predicted octanol–water partition coefficient (Wildman–Crippen LogP) is 2.05. The van der Waals surface area contributed by atoms with Crippen LogP contribution in [-0.2, 0) is 9.59 Å². The van der Waals surface area contributed by atoms with Gasteiger partial charge in [-0.15, -0.1) is 0 Å². The molecule has 1 rings (SSSR count). The molecule has 0 aliphatic heterocycles. The molecule has 5 heteroatoms. The molecule has 0 heterocycles. The van der Waals surface area contributed by atoms with Crippen molar-refractivity contribution in [2.75, 3.05) is 11.9 Å². The Morgan fingerprint density at radius 2 is 1.88 bits per heavy atom. The maximum Gasteiger partial charge on any atom is 0.313 e. The van der Waals surface area contributed by atoms with Crippen molar-refractivity contribution in [2.45, 2.75) is 13.8 Å². The average molecular weight is 255 g/mol. The summed E-state index contributed by atoms with van der Waals surface area (Å²) >= 11 is 5.85. The molecule has 17 heavy (non-hydrogen) atoms. The minimum Gasteiger partial charge on any atom is -0.348 e. The third kappa shape index (κ3) is 4.44. The summed E-state index contributed by atoms with van der Waals surface area (Å²) in [5, 5.41) is 5.38. The van der Waals surface area contributed by atoms with Crippen LogP contribution in [0, 0.1) is 5.92 Å². The van der Waals surface area contributed by atoms with Gasteiger partial charge in [-0.05, 0) is 18.1 Å². The molecule has 0 saturated carbocycles. The zero-order chi connectivity index (χ0) is 12.8. The number of carbonyl (C=O) groups is 2. The average Bonchev–Trinajstić information content (AvgIpc) is 2.28. The van der Waals surface area contributed by atoms with E-state index in [0.29, 0.717) is 23.2 Å². The molecule has 2 N–H and O–H groups in total. The largest absolute Gasteiger partial charge is 0.348 e. The first kappa shape index (κ1) is 13.5. The van der Waals surface area contributed by atoms with Crippen molar-refractivity contribution in [3.05, 3.63) is 29.3 Å². The van der Waals surface area contributed by atoms with Gasteiger partial charge in [0.15, 0.2) is 0 Å². The van der Waals surface area contributed by atoms with E-state index in [4.69, 9.17) is 11.6 Å². The van der Waals surface area contributed by atoms with E-state index >= 15 is 0 Å². The van der Waals surface area contributed by atoms with Crippen LogP contribution in [0.3, 0.4) is 0 Å². The van der Waals surface area contributed by atoms with Crippen molar-refractivity contribution >= 4 is 29.1 Å². The Morgan fingerprint density at radius 3 is 2.47 bits per heavy atom. The molecule has 4 nitrogen and oxygen atoms in total. The first-order valence-electron chi connectivity index (χ1n) is 5.34. The van der Waals surface area contributed by atoms with E-state index in [2.05, 4.69) is 10.6 Å². The van der Waals surface area contributed by atoms with E-state index < -0.39 is 11.8 Å². The Hall–Kier alpha value is -1.55. The fourth-order valence-electron chi connectivity index (χ4n) is 1.12. The quantitative estimate of drug-likeness (QED) is 0.811. The van der Waals surface area contributed by atoms with Crippen LogP contribution in [0.4, 0.5) is 5.69 Å². The third-order valence-electron chi connectivity index (χ3n) is 2.00. The van der Waals surface area contributed by atoms with Crippen LogP contribution in [0.15, 0.2) is 24.3 Å². The lowest BCUT2D eigenvalue weighted by atomic mass is 10.2. The summed E-state index contributed by atoms with van der Waals surface area (Å²) in [7, 11) is 0. The molecular formula is C12H15ClN2O2. The lowest BCUT2D eigenvalue weighted by molar-refractivity contribution is -0.136. The topological polar surface area (TPSA) is 58.2 Å². The standard InChI is InChI=1S/C12H15ClN2O2/c1-8(2)7-14-11(16)12(17)15-10-6-4-3-5-9(10)13/h3-6,8H,7H2,1-2H3,(H,14,16)(H,15,17). The molecule has 0 aromatic heterocycles. The maximum absolute atomic E-state index is 11.5. The summed E-state index contributed by atoms with van der Waals surface area (Å²) in [5.41, 5.74) is 0.430. The zero-order valence-electron chi connectivity index (χ0n) is 9.79. The minimum absolute atomic E-state index is 0.298. The summed E-state index contributed by atoms with van der Waals surface area (Å²) in [4.78, 5) is 22.9. The number of carbonyl (C=O) groups excluding carboxylic acids is 2. The number of para-hydroxylation sites is 1. The fraction of sp³-hybridized carbons (Fsp3) is 0.333. The van der Waals surface area contributed by atoms with Crippen molar-refractivity contribution < 1.29 is 9.59 Å². The summed E-state index contributed by atoms with van der Waals surface area (Å²) < 4.78 is 0. The van der Waals surface area contributed by atoms with Crippen LogP contribution in [0.1, 0.15) is 13.8 Å². The van der Waals surface area contributed by atoms with E-state index in [1.54, 1.807) is 24.3 Å². The molecule has 0 bridgehead atoms. The number of halogens is 1. The Bertz CT molecular complexity index is 419. The fourth-order valence-corrected chi connectivity index (χ4v) is 1.30. The van der Waals surface area contributed by atoms with Gasteiger partial charge in [-0.2, -0.15) is 0 Å². The van der Waals surface area contributed by atoms with Gasteiger partial charge in [0.1, 0.15) is 0 Å². The van der Waals surface area contributed by atoms with Crippen molar-refractivity contribution in [3.8, 4) is 0 Å². The van der Waals surface area contributed by atoms with Gasteiger partial charge in [-0.25, -0.2) is 0 Å². The summed E-state index contributed by atoms with van der Waals surface area (Å²) in [6, 6.07) is 6.75. The smallest absolute Gasteiger partial charge is 0.313 e. The van der Waals surface area contributed by atoms with Gasteiger partial charge >= 0.3 is 11.8 Å². The molecule has 0 fully saturated rings. The highest BCUT2D eigenvalue weighted by molar-refractivity contribution is 6.41.